The second-order valence-electron chi connectivity index (χ2n) is 3.87. The first-order chi connectivity index (χ1) is 9.66. The van der Waals surface area contributed by atoms with Crippen LogP contribution >= 0.6 is 23.1 Å². The summed E-state index contributed by atoms with van der Waals surface area (Å²) < 4.78 is 1.12. The van der Waals surface area contributed by atoms with Gasteiger partial charge in [-0.3, -0.25) is 4.79 Å². The van der Waals surface area contributed by atoms with Gasteiger partial charge in [0, 0.05) is 16.5 Å². The first kappa shape index (κ1) is 14.2. The molecule has 0 radical (unpaired) electrons. The molecule has 0 saturated heterocycles. The Balaban J connectivity index is 2.25. The first-order valence-corrected chi connectivity index (χ1v) is 7.72. The number of nitriles is 1. The standard InChI is InChI=1S/C15H10N2OS2/c1-3-10-4-11(8-16)6-12(5-10)15(18)17-13-7-14(19-2)20-9-13/h1,4-7,9H,2H3,(H,17,18). The molecule has 0 fully saturated rings. The maximum atomic E-state index is 12.2. The number of benzene rings is 1. The van der Waals surface area contributed by atoms with E-state index in [1.165, 1.54) is 6.07 Å². The number of hydrogen-bond acceptors (Lipinski definition) is 4. The van der Waals surface area contributed by atoms with Crippen molar-refractivity contribution in [2.24, 2.45) is 0 Å². The topological polar surface area (TPSA) is 52.9 Å². The predicted molar refractivity (Wildman–Crippen MR) is 83.1 cm³/mol. The van der Waals surface area contributed by atoms with Crippen LogP contribution in [0.1, 0.15) is 21.5 Å². The van der Waals surface area contributed by atoms with Gasteiger partial charge in [0.05, 0.1) is 21.5 Å². The number of nitrogens with one attached hydrogen (secondary N) is 1. The fourth-order valence-corrected chi connectivity index (χ4v) is 2.94. The third-order valence-corrected chi connectivity index (χ3v) is 4.56. The number of thioether (sulfide) groups is 1. The third-order valence-electron chi connectivity index (χ3n) is 2.53. The molecule has 0 aliphatic carbocycles. The Hall–Kier alpha value is -2.21. The minimum absolute atomic E-state index is 0.274. The Labute approximate surface area is 125 Å². The van der Waals surface area contributed by atoms with Crippen molar-refractivity contribution in [3.63, 3.8) is 0 Å². The van der Waals surface area contributed by atoms with E-state index >= 15 is 0 Å². The summed E-state index contributed by atoms with van der Waals surface area (Å²) in [5, 5.41) is 13.6. The molecule has 0 bridgehead atoms. The largest absolute Gasteiger partial charge is 0.321 e. The van der Waals surface area contributed by atoms with Gasteiger partial charge in [-0.15, -0.1) is 29.5 Å². The van der Waals surface area contributed by atoms with E-state index in [0.29, 0.717) is 16.7 Å². The van der Waals surface area contributed by atoms with E-state index in [0.717, 1.165) is 9.90 Å². The average molecular weight is 298 g/mol. The number of hydrogen-bond donors (Lipinski definition) is 1. The summed E-state index contributed by atoms with van der Waals surface area (Å²) >= 11 is 3.19. The molecular formula is C15H10N2OS2. The van der Waals surface area contributed by atoms with Crippen molar-refractivity contribution in [1.82, 2.24) is 0 Å². The number of amides is 1. The minimum Gasteiger partial charge on any atom is -0.321 e. The maximum Gasteiger partial charge on any atom is 0.255 e. The lowest BCUT2D eigenvalue weighted by molar-refractivity contribution is 0.102. The van der Waals surface area contributed by atoms with Crippen LogP contribution in [0.5, 0.6) is 0 Å². The van der Waals surface area contributed by atoms with Crippen LogP contribution in [-0.2, 0) is 0 Å². The van der Waals surface area contributed by atoms with Crippen molar-refractivity contribution in [3.05, 3.63) is 46.3 Å². The molecule has 1 N–H and O–H groups in total. The van der Waals surface area contributed by atoms with Crippen LogP contribution in [0.2, 0.25) is 0 Å². The van der Waals surface area contributed by atoms with E-state index in [-0.39, 0.29) is 5.91 Å². The predicted octanol–water partition coefficient (Wildman–Crippen LogP) is 3.58. The molecule has 2 aromatic rings. The molecule has 5 heteroatoms. The van der Waals surface area contributed by atoms with Crippen LogP contribution in [-0.4, -0.2) is 12.2 Å². The normalized spacial score (nSPS) is 9.55. The van der Waals surface area contributed by atoms with Gasteiger partial charge in [0.2, 0.25) is 0 Å². The van der Waals surface area contributed by atoms with Crippen LogP contribution in [0.25, 0.3) is 0 Å². The number of terminal acetylenes is 1. The minimum atomic E-state index is -0.274. The molecule has 0 atom stereocenters. The van der Waals surface area contributed by atoms with E-state index in [9.17, 15) is 4.79 Å². The SMILES string of the molecule is C#Cc1cc(C#N)cc(C(=O)Nc2csc(SC)c2)c1. The number of carbonyl (C=O) groups is 1. The lowest BCUT2D eigenvalue weighted by Gasteiger charge is -2.04. The zero-order chi connectivity index (χ0) is 14.5. The van der Waals surface area contributed by atoms with Gasteiger partial charge in [-0.1, -0.05) is 5.92 Å². The monoisotopic (exact) mass is 298 g/mol. The highest BCUT2D eigenvalue weighted by atomic mass is 32.2. The highest BCUT2D eigenvalue weighted by Gasteiger charge is 2.10. The molecule has 0 aliphatic heterocycles. The van der Waals surface area contributed by atoms with Crippen LogP contribution in [0.3, 0.4) is 0 Å². The van der Waals surface area contributed by atoms with Gasteiger partial charge < -0.3 is 5.32 Å². The molecule has 0 aliphatic rings. The van der Waals surface area contributed by atoms with Crippen molar-refractivity contribution < 1.29 is 4.79 Å². The second-order valence-corrected chi connectivity index (χ2v) is 5.89. The van der Waals surface area contributed by atoms with Crippen LogP contribution in [0.4, 0.5) is 5.69 Å². The van der Waals surface area contributed by atoms with Gasteiger partial charge in [0.15, 0.2) is 0 Å². The molecular weight excluding hydrogens is 288 g/mol. The van der Waals surface area contributed by atoms with E-state index in [4.69, 9.17) is 11.7 Å². The smallest absolute Gasteiger partial charge is 0.255 e. The summed E-state index contributed by atoms with van der Waals surface area (Å²) in [7, 11) is 0. The Kier molecular flexibility index (Phi) is 4.47. The Morgan fingerprint density at radius 1 is 1.35 bits per heavy atom. The summed E-state index contributed by atoms with van der Waals surface area (Å²) in [4.78, 5) is 12.2. The Morgan fingerprint density at radius 3 is 2.70 bits per heavy atom. The van der Waals surface area contributed by atoms with Crippen LogP contribution in [0.15, 0.2) is 33.9 Å². The van der Waals surface area contributed by atoms with Crippen LogP contribution in [0, 0.1) is 23.7 Å². The number of rotatable bonds is 3. The molecule has 1 heterocycles. The van der Waals surface area contributed by atoms with Crippen LogP contribution < -0.4 is 5.32 Å². The quantitative estimate of drug-likeness (QED) is 0.696. The second kappa shape index (κ2) is 6.29. The highest BCUT2D eigenvalue weighted by molar-refractivity contribution is 8.00. The van der Waals surface area contributed by atoms with E-state index in [2.05, 4.69) is 11.2 Å². The van der Waals surface area contributed by atoms with Crippen molar-refractivity contribution in [2.45, 2.75) is 4.21 Å². The van der Waals surface area contributed by atoms with Gasteiger partial charge in [0.1, 0.15) is 0 Å². The van der Waals surface area contributed by atoms with Gasteiger partial charge >= 0.3 is 0 Å². The summed E-state index contributed by atoms with van der Waals surface area (Å²) in [6.07, 6.45) is 7.30. The molecule has 0 unspecified atom stereocenters. The summed E-state index contributed by atoms with van der Waals surface area (Å²) in [5.41, 5.74) is 2.02. The average Bonchev–Trinajstić information content (AvgIpc) is 2.94. The summed E-state index contributed by atoms with van der Waals surface area (Å²) in [6.45, 7) is 0. The van der Waals surface area contributed by atoms with E-state index in [1.807, 2.05) is 23.8 Å². The van der Waals surface area contributed by atoms with E-state index in [1.54, 1.807) is 35.2 Å². The lowest BCUT2D eigenvalue weighted by Crippen LogP contribution is -2.11. The van der Waals surface area contributed by atoms with Gasteiger partial charge in [-0.05, 0) is 30.5 Å². The van der Waals surface area contributed by atoms with Gasteiger partial charge in [-0.2, -0.15) is 5.26 Å². The molecule has 3 nitrogen and oxygen atoms in total. The molecule has 1 aromatic heterocycles. The Bertz CT molecular complexity index is 703. The molecule has 1 amide bonds. The molecule has 2 rings (SSSR count). The van der Waals surface area contributed by atoms with Crippen molar-refractivity contribution in [2.75, 3.05) is 11.6 Å². The zero-order valence-corrected chi connectivity index (χ0v) is 12.3. The number of thiophene rings is 1. The lowest BCUT2D eigenvalue weighted by atomic mass is 10.1. The molecule has 20 heavy (non-hydrogen) atoms. The third kappa shape index (κ3) is 3.21. The fraction of sp³-hybridized carbons (Fsp3) is 0.0667. The summed E-state index contributed by atoms with van der Waals surface area (Å²) in [6, 6.07) is 8.60. The van der Waals surface area contributed by atoms with Crippen molar-refractivity contribution >= 4 is 34.7 Å². The molecule has 1 aromatic carbocycles. The van der Waals surface area contributed by atoms with Crippen molar-refractivity contribution in [3.8, 4) is 18.4 Å². The van der Waals surface area contributed by atoms with Crippen molar-refractivity contribution in [1.29, 1.82) is 5.26 Å². The molecule has 98 valence electrons. The fourth-order valence-electron chi connectivity index (χ4n) is 1.60. The number of nitrogens with zero attached hydrogens (tertiary/aromatic N) is 1. The van der Waals surface area contributed by atoms with Gasteiger partial charge in [0.25, 0.3) is 5.91 Å². The Morgan fingerprint density at radius 2 is 2.10 bits per heavy atom. The number of anilines is 1. The van der Waals surface area contributed by atoms with Gasteiger partial charge in [-0.25, -0.2) is 0 Å². The van der Waals surface area contributed by atoms with E-state index < -0.39 is 0 Å². The summed E-state index contributed by atoms with van der Waals surface area (Å²) in [5.74, 6) is 2.17. The highest BCUT2D eigenvalue weighted by Crippen LogP contribution is 2.27. The zero-order valence-electron chi connectivity index (χ0n) is 10.6. The number of carbonyl (C=O) groups excluding carboxylic acids is 1. The first-order valence-electron chi connectivity index (χ1n) is 5.62. The molecule has 0 spiro atoms. The molecule has 0 saturated carbocycles. The maximum absolute atomic E-state index is 12.2.